The zero-order valence-corrected chi connectivity index (χ0v) is 25.9. The largest absolute Gasteiger partial charge is 0.534 e. The van der Waals surface area contributed by atoms with Crippen molar-refractivity contribution in [1.82, 2.24) is 0 Å². The monoisotopic (exact) mass is 620 g/mol. The van der Waals surface area contributed by atoms with E-state index in [9.17, 15) is 31.2 Å². The Bertz CT molecular complexity index is 1910. The minimum atomic E-state index is -6.15. The van der Waals surface area contributed by atoms with E-state index < -0.39 is 32.9 Å². The van der Waals surface area contributed by atoms with Gasteiger partial charge in [0.1, 0.15) is 0 Å². The van der Waals surface area contributed by atoms with Crippen molar-refractivity contribution in [2.24, 2.45) is 0 Å². The fraction of sp³-hybridized carbons (Fsp3) is 0.257. The Morgan fingerprint density at radius 1 is 0.568 bits per heavy atom. The Hall–Kier alpha value is -4.24. The normalized spacial score (nSPS) is 13.8. The molecule has 0 saturated heterocycles. The molecule has 0 aliphatic heterocycles. The molecule has 0 bridgehead atoms. The van der Waals surface area contributed by atoms with Crippen molar-refractivity contribution in [3.8, 4) is 28.0 Å². The highest BCUT2D eigenvalue weighted by molar-refractivity contribution is 7.88. The standard InChI is InChI=1S/C35H31F3O5S/c1-33(2,3)22-15-11-20(12-16-22)26-19-27(43-44(41,42)35(36,37)38)28(21-13-17-23(18-14-21)34(4,5)6)30-29(26)31(39)24-9-7-8-10-25(24)32(30)40/h7-19H,1-6H3. The summed E-state index contributed by atoms with van der Waals surface area (Å²) in [6.45, 7) is 12.0. The fourth-order valence-corrected chi connectivity index (χ4v) is 5.76. The van der Waals surface area contributed by atoms with Crippen LogP contribution in [0.4, 0.5) is 13.2 Å². The van der Waals surface area contributed by atoms with Crippen LogP contribution in [-0.4, -0.2) is 25.5 Å². The summed E-state index contributed by atoms with van der Waals surface area (Å²) in [6, 6.07) is 20.9. The Kier molecular flexibility index (Phi) is 7.40. The zero-order chi connectivity index (χ0) is 32.4. The van der Waals surface area contributed by atoms with E-state index in [0.717, 1.165) is 17.2 Å². The molecule has 0 fully saturated rings. The van der Waals surface area contributed by atoms with E-state index in [1.807, 2.05) is 53.7 Å². The lowest BCUT2D eigenvalue weighted by atomic mass is 9.76. The van der Waals surface area contributed by atoms with Gasteiger partial charge in [0, 0.05) is 27.8 Å². The van der Waals surface area contributed by atoms with E-state index in [4.69, 9.17) is 4.18 Å². The lowest BCUT2D eigenvalue weighted by Crippen LogP contribution is -2.29. The first-order chi connectivity index (χ1) is 20.3. The van der Waals surface area contributed by atoms with Gasteiger partial charge in [-0.3, -0.25) is 9.59 Å². The van der Waals surface area contributed by atoms with E-state index >= 15 is 0 Å². The maximum atomic E-state index is 14.2. The Morgan fingerprint density at radius 2 is 1.00 bits per heavy atom. The maximum Gasteiger partial charge on any atom is 0.534 e. The Morgan fingerprint density at radius 3 is 1.43 bits per heavy atom. The molecular weight excluding hydrogens is 589 g/mol. The number of rotatable bonds is 4. The van der Waals surface area contributed by atoms with Crippen LogP contribution >= 0.6 is 0 Å². The van der Waals surface area contributed by atoms with Crippen LogP contribution in [0.2, 0.25) is 0 Å². The van der Waals surface area contributed by atoms with E-state index in [1.54, 1.807) is 48.5 Å². The number of hydrogen-bond acceptors (Lipinski definition) is 5. The molecule has 0 heterocycles. The smallest absolute Gasteiger partial charge is 0.375 e. The molecule has 0 amide bonds. The highest BCUT2D eigenvalue weighted by atomic mass is 32.2. The summed E-state index contributed by atoms with van der Waals surface area (Å²) in [5, 5.41) is 0. The zero-order valence-electron chi connectivity index (χ0n) is 25.1. The number of carbonyl (C=O) groups is 2. The second-order valence-electron chi connectivity index (χ2n) is 12.9. The number of halogens is 3. The molecule has 9 heteroatoms. The first-order valence-electron chi connectivity index (χ1n) is 13.9. The number of benzene rings is 4. The average molecular weight is 621 g/mol. The number of carbonyl (C=O) groups excluding carboxylic acids is 2. The molecule has 0 atom stereocenters. The Labute approximate surface area is 254 Å². The molecule has 0 radical (unpaired) electrons. The molecule has 228 valence electrons. The predicted molar refractivity (Wildman–Crippen MR) is 164 cm³/mol. The summed E-state index contributed by atoms with van der Waals surface area (Å²) in [5.74, 6) is -1.85. The molecule has 4 aromatic rings. The number of alkyl halides is 3. The molecule has 5 rings (SSSR count). The molecule has 44 heavy (non-hydrogen) atoms. The van der Waals surface area contributed by atoms with Gasteiger partial charge in [-0.2, -0.15) is 21.6 Å². The summed E-state index contributed by atoms with van der Waals surface area (Å²) in [4.78, 5) is 28.3. The van der Waals surface area contributed by atoms with Crippen LogP contribution in [0, 0.1) is 0 Å². The molecule has 0 aromatic heterocycles. The minimum Gasteiger partial charge on any atom is -0.375 e. The third kappa shape index (κ3) is 5.45. The van der Waals surface area contributed by atoms with Gasteiger partial charge in [-0.15, -0.1) is 0 Å². The predicted octanol–water partition coefficient (Wildman–Crippen LogP) is 8.62. The van der Waals surface area contributed by atoms with Gasteiger partial charge in [0.25, 0.3) is 0 Å². The second-order valence-corrected chi connectivity index (χ2v) is 14.4. The van der Waals surface area contributed by atoms with Crippen LogP contribution in [0.15, 0.2) is 78.9 Å². The van der Waals surface area contributed by atoms with Crippen molar-refractivity contribution in [1.29, 1.82) is 0 Å². The molecule has 1 aliphatic rings. The van der Waals surface area contributed by atoms with Gasteiger partial charge in [-0.1, -0.05) is 114 Å². The number of ketones is 2. The van der Waals surface area contributed by atoms with Gasteiger partial charge in [-0.25, -0.2) is 0 Å². The Balaban J connectivity index is 1.89. The van der Waals surface area contributed by atoms with Gasteiger partial charge in [0.15, 0.2) is 17.3 Å². The summed E-state index contributed by atoms with van der Waals surface area (Å²) in [5.41, 5.74) is -3.96. The quantitative estimate of drug-likeness (QED) is 0.149. The average Bonchev–Trinajstić information content (AvgIpc) is 2.94. The molecule has 5 nitrogen and oxygen atoms in total. The van der Waals surface area contributed by atoms with Gasteiger partial charge in [0.05, 0.1) is 0 Å². The van der Waals surface area contributed by atoms with Crippen LogP contribution in [0.3, 0.4) is 0 Å². The van der Waals surface area contributed by atoms with Gasteiger partial charge in [-0.05, 0) is 44.7 Å². The first-order valence-corrected chi connectivity index (χ1v) is 15.3. The van der Waals surface area contributed by atoms with Gasteiger partial charge >= 0.3 is 15.6 Å². The molecule has 1 aliphatic carbocycles. The van der Waals surface area contributed by atoms with Gasteiger partial charge < -0.3 is 4.18 Å². The van der Waals surface area contributed by atoms with Crippen molar-refractivity contribution in [2.45, 2.75) is 57.9 Å². The van der Waals surface area contributed by atoms with Crippen molar-refractivity contribution in [2.75, 3.05) is 0 Å². The van der Waals surface area contributed by atoms with E-state index in [1.165, 1.54) is 12.1 Å². The summed E-state index contributed by atoms with van der Waals surface area (Å²) >= 11 is 0. The molecule has 0 unspecified atom stereocenters. The van der Waals surface area contributed by atoms with Crippen molar-refractivity contribution in [3.05, 3.63) is 112 Å². The molecule has 0 saturated carbocycles. The highest BCUT2D eigenvalue weighted by Gasteiger charge is 2.49. The first kappa shape index (κ1) is 31.2. The molecular formula is C35H31F3O5S. The maximum absolute atomic E-state index is 14.2. The summed E-state index contributed by atoms with van der Waals surface area (Å²) in [7, 11) is -6.15. The lowest BCUT2D eigenvalue weighted by Gasteiger charge is -2.26. The van der Waals surface area contributed by atoms with Gasteiger partial charge in [0.2, 0.25) is 0 Å². The minimum absolute atomic E-state index is 0.0381. The van der Waals surface area contributed by atoms with Crippen LogP contribution in [0.1, 0.15) is 84.5 Å². The van der Waals surface area contributed by atoms with Crippen LogP contribution < -0.4 is 4.18 Å². The third-order valence-electron chi connectivity index (χ3n) is 7.75. The second kappa shape index (κ2) is 10.4. The van der Waals surface area contributed by atoms with E-state index in [-0.39, 0.29) is 49.8 Å². The van der Waals surface area contributed by atoms with Crippen LogP contribution in [-0.2, 0) is 20.9 Å². The lowest BCUT2D eigenvalue weighted by molar-refractivity contribution is -0.0499. The topological polar surface area (TPSA) is 77.5 Å². The molecule has 0 N–H and O–H groups in total. The highest BCUT2D eigenvalue weighted by Crippen LogP contribution is 2.47. The van der Waals surface area contributed by atoms with E-state index in [0.29, 0.717) is 5.56 Å². The van der Waals surface area contributed by atoms with Crippen molar-refractivity contribution < 1.29 is 35.4 Å². The van der Waals surface area contributed by atoms with Crippen LogP contribution in [0.25, 0.3) is 22.3 Å². The number of hydrogen-bond donors (Lipinski definition) is 0. The van der Waals surface area contributed by atoms with Crippen LogP contribution in [0.5, 0.6) is 5.75 Å². The summed E-state index contributed by atoms with van der Waals surface area (Å²) < 4.78 is 70.6. The van der Waals surface area contributed by atoms with Crippen molar-refractivity contribution in [3.63, 3.8) is 0 Å². The van der Waals surface area contributed by atoms with E-state index in [2.05, 4.69) is 0 Å². The SMILES string of the molecule is CC(C)(C)c1ccc(-c2cc(OS(=O)(=O)C(F)(F)F)c(-c3ccc(C(C)(C)C)cc3)c3c2C(=O)c2ccccc2C3=O)cc1. The molecule has 4 aromatic carbocycles. The molecule has 0 spiro atoms. The summed E-state index contributed by atoms with van der Waals surface area (Å²) in [6.07, 6.45) is 0. The fourth-order valence-electron chi connectivity index (χ4n) is 5.30. The van der Waals surface area contributed by atoms with Crippen molar-refractivity contribution >= 4 is 21.7 Å². The third-order valence-corrected chi connectivity index (χ3v) is 8.71. The number of fused-ring (bicyclic) bond motifs is 2.